The predicted octanol–water partition coefficient (Wildman–Crippen LogP) is 3.00. The van der Waals surface area contributed by atoms with Crippen LogP contribution in [-0.4, -0.2) is 15.2 Å². The third-order valence-corrected chi connectivity index (χ3v) is 3.09. The van der Waals surface area contributed by atoms with Crippen LogP contribution in [0.4, 0.5) is 0 Å². The molecule has 1 aromatic carbocycles. The third-order valence-electron chi connectivity index (χ3n) is 3.09. The maximum atomic E-state index is 9.76. The molecule has 0 radical (unpaired) electrons. The molecule has 0 amide bonds. The second-order valence-electron chi connectivity index (χ2n) is 4.84. The van der Waals surface area contributed by atoms with Crippen molar-refractivity contribution < 1.29 is 9.63 Å². The molecule has 0 bridgehead atoms. The molecule has 4 nitrogen and oxygen atoms in total. The fraction of sp³-hybridized carbons (Fsp3) is 0.467. The third kappa shape index (κ3) is 3.89. The van der Waals surface area contributed by atoms with E-state index in [0.717, 1.165) is 12.8 Å². The molecule has 1 atom stereocenters. The van der Waals surface area contributed by atoms with Crippen LogP contribution in [-0.2, 0) is 12.8 Å². The summed E-state index contributed by atoms with van der Waals surface area (Å²) in [6.45, 7) is 4.09. The number of aliphatic hydroxyl groups is 1. The smallest absolute Gasteiger partial charge is 0.227 e. The largest absolute Gasteiger partial charge is 0.385 e. The molecule has 1 heterocycles. The molecule has 2 aromatic rings. The van der Waals surface area contributed by atoms with E-state index in [1.165, 1.54) is 11.1 Å². The first kappa shape index (κ1) is 13.7. The summed E-state index contributed by atoms with van der Waals surface area (Å²) >= 11 is 0. The molecule has 0 aliphatic rings. The van der Waals surface area contributed by atoms with Crippen LogP contribution in [0.2, 0.25) is 0 Å². The van der Waals surface area contributed by atoms with E-state index in [2.05, 4.69) is 41.3 Å². The maximum absolute atomic E-state index is 9.76. The Labute approximate surface area is 113 Å². The van der Waals surface area contributed by atoms with Crippen LogP contribution in [0, 0.1) is 6.92 Å². The van der Waals surface area contributed by atoms with Gasteiger partial charge in [0.2, 0.25) is 5.89 Å². The van der Waals surface area contributed by atoms with Crippen molar-refractivity contribution in [1.82, 2.24) is 10.1 Å². The number of aliphatic hydroxyl groups excluding tert-OH is 1. The molecule has 0 spiro atoms. The second-order valence-corrected chi connectivity index (χ2v) is 4.84. The maximum Gasteiger partial charge on any atom is 0.227 e. The molecule has 1 N–H and O–H groups in total. The van der Waals surface area contributed by atoms with Crippen LogP contribution < -0.4 is 0 Å². The number of hydrogen-bond acceptors (Lipinski definition) is 4. The van der Waals surface area contributed by atoms with Crippen LogP contribution >= 0.6 is 0 Å². The first-order chi connectivity index (χ1) is 9.19. The van der Waals surface area contributed by atoms with Gasteiger partial charge >= 0.3 is 0 Å². The summed E-state index contributed by atoms with van der Waals surface area (Å²) in [6, 6.07) is 8.41. The monoisotopic (exact) mass is 260 g/mol. The van der Waals surface area contributed by atoms with Gasteiger partial charge < -0.3 is 9.63 Å². The van der Waals surface area contributed by atoms with Gasteiger partial charge in [-0.25, -0.2) is 0 Å². The second kappa shape index (κ2) is 6.48. The van der Waals surface area contributed by atoms with Crippen molar-refractivity contribution in [3.63, 3.8) is 0 Å². The van der Waals surface area contributed by atoms with Crippen molar-refractivity contribution in [3.8, 4) is 0 Å². The lowest BCUT2D eigenvalue weighted by atomic mass is 10.1. The molecule has 19 heavy (non-hydrogen) atoms. The average molecular weight is 260 g/mol. The van der Waals surface area contributed by atoms with Crippen LogP contribution in [0.5, 0.6) is 0 Å². The van der Waals surface area contributed by atoms with E-state index < -0.39 is 6.10 Å². The highest BCUT2D eigenvalue weighted by molar-refractivity contribution is 5.21. The Bertz CT molecular complexity index is 505. The van der Waals surface area contributed by atoms with E-state index in [-0.39, 0.29) is 0 Å². The first-order valence-electron chi connectivity index (χ1n) is 6.75. The van der Waals surface area contributed by atoms with Gasteiger partial charge in [0.1, 0.15) is 6.10 Å². The standard InChI is InChI=1S/C15H20N2O2/c1-3-4-13(18)15-16-14(19-17-15)10-9-12-7-5-11(2)6-8-12/h5-8,13,18H,3-4,9-10H2,1-2H3. The molecule has 0 aliphatic carbocycles. The van der Waals surface area contributed by atoms with Crippen LogP contribution in [0.1, 0.15) is 48.7 Å². The summed E-state index contributed by atoms with van der Waals surface area (Å²) in [5.74, 6) is 0.992. The summed E-state index contributed by atoms with van der Waals surface area (Å²) in [6.07, 6.45) is 2.52. The van der Waals surface area contributed by atoms with Gasteiger partial charge in [-0.15, -0.1) is 0 Å². The van der Waals surface area contributed by atoms with Crippen molar-refractivity contribution >= 4 is 0 Å². The highest BCUT2D eigenvalue weighted by Gasteiger charge is 2.14. The van der Waals surface area contributed by atoms with Crippen molar-refractivity contribution in [1.29, 1.82) is 0 Å². The normalized spacial score (nSPS) is 12.6. The minimum Gasteiger partial charge on any atom is -0.385 e. The van der Waals surface area contributed by atoms with Gasteiger partial charge in [0.05, 0.1) is 0 Å². The highest BCUT2D eigenvalue weighted by atomic mass is 16.5. The Balaban J connectivity index is 1.91. The van der Waals surface area contributed by atoms with Gasteiger partial charge in [0.15, 0.2) is 5.82 Å². The molecule has 2 rings (SSSR count). The number of hydrogen-bond donors (Lipinski definition) is 1. The summed E-state index contributed by atoms with van der Waals surface area (Å²) in [5.41, 5.74) is 2.51. The summed E-state index contributed by atoms with van der Waals surface area (Å²) in [5, 5.41) is 13.6. The molecular weight excluding hydrogens is 240 g/mol. The zero-order chi connectivity index (χ0) is 13.7. The van der Waals surface area contributed by atoms with Crippen molar-refractivity contribution in [2.24, 2.45) is 0 Å². The Morgan fingerprint density at radius 1 is 1.21 bits per heavy atom. The molecule has 1 aromatic heterocycles. The number of aryl methyl sites for hydroxylation is 3. The van der Waals surface area contributed by atoms with Crippen molar-refractivity contribution in [2.75, 3.05) is 0 Å². The topological polar surface area (TPSA) is 59.2 Å². The number of aromatic nitrogens is 2. The fourth-order valence-electron chi connectivity index (χ4n) is 1.91. The average Bonchev–Trinajstić information content (AvgIpc) is 2.87. The lowest BCUT2D eigenvalue weighted by molar-refractivity contribution is 0.152. The van der Waals surface area contributed by atoms with Gasteiger partial charge in [-0.05, 0) is 25.3 Å². The molecule has 102 valence electrons. The SMILES string of the molecule is CCCC(O)c1noc(CCc2ccc(C)cc2)n1. The number of nitrogens with zero attached hydrogens (tertiary/aromatic N) is 2. The zero-order valence-electron chi connectivity index (χ0n) is 11.5. The fourth-order valence-corrected chi connectivity index (χ4v) is 1.91. The summed E-state index contributed by atoms with van der Waals surface area (Å²) in [4.78, 5) is 4.23. The molecule has 1 unspecified atom stereocenters. The van der Waals surface area contributed by atoms with E-state index in [1.807, 2.05) is 6.92 Å². The molecule has 0 saturated heterocycles. The van der Waals surface area contributed by atoms with E-state index in [1.54, 1.807) is 0 Å². The van der Waals surface area contributed by atoms with E-state index in [4.69, 9.17) is 4.52 Å². The molecule has 0 fully saturated rings. The summed E-state index contributed by atoms with van der Waals surface area (Å²) < 4.78 is 5.16. The van der Waals surface area contributed by atoms with Gasteiger partial charge in [-0.3, -0.25) is 0 Å². The molecular formula is C15H20N2O2. The lowest BCUT2D eigenvalue weighted by Gasteiger charge is -2.01. The van der Waals surface area contributed by atoms with Gasteiger partial charge in [0, 0.05) is 6.42 Å². The van der Waals surface area contributed by atoms with E-state index in [9.17, 15) is 5.11 Å². The van der Waals surface area contributed by atoms with E-state index >= 15 is 0 Å². The molecule has 0 aliphatic heterocycles. The molecule has 0 saturated carbocycles. The van der Waals surface area contributed by atoms with Crippen LogP contribution in [0.15, 0.2) is 28.8 Å². The molecule has 4 heteroatoms. The van der Waals surface area contributed by atoms with Gasteiger partial charge in [-0.1, -0.05) is 48.3 Å². The predicted molar refractivity (Wildman–Crippen MR) is 72.8 cm³/mol. The Morgan fingerprint density at radius 2 is 1.95 bits per heavy atom. The Morgan fingerprint density at radius 3 is 2.63 bits per heavy atom. The number of rotatable bonds is 6. The first-order valence-corrected chi connectivity index (χ1v) is 6.75. The van der Waals surface area contributed by atoms with Crippen LogP contribution in [0.3, 0.4) is 0 Å². The van der Waals surface area contributed by atoms with Crippen LogP contribution in [0.25, 0.3) is 0 Å². The summed E-state index contributed by atoms with van der Waals surface area (Å²) in [7, 11) is 0. The van der Waals surface area contributed by atoms with Crippen molar-refractivity contribution in [2.45, 2.75) is 45.6 Å². The van der Waals surface area contributed by atoms with Crippen molar-refractivity contribution in [3.05, 3.63) is 47.1 Å². The van der Waals surface area contributed by atoms with Gasteiger partial charge in [0.25, 0.3) is 0 Å². The zero-order valence-corrected chi connectivity index (χ0v) is 11.5. The lowest BCUT2D eigenvalue weighted by Crippen LogP contribution is -1.99. The number of benzene rings is 1. The minimum atomic E-state index is -0.609. The van der Waals surface area contributed by atoms with E-state index in [0.29, 0.717) is 24.6 Å². The Hall–Kier alpha value is -1.68. The quantitative estimate of drug-likeness (QED) is 0.867. The Kier molecular flexibility index (Phi) is 4.68. The highest BCUT2D eigenvalue weighted by Crippen LogP contribution is 2.15. The minimum absolute atomic E-state index is 0.403. The van der Waals surface area contributed by atoms with Gasteiger partial charge in [-0.2, -0.15) is 4.98 Å².